The van der Waals surface area contributed by atoms with Crippen molar-refractivity contribution >= 4 is 40.2 Å². The smallest absolute Gasteiger partial charge is 0.228 e. The molecule has 0 saturated heterocycles. The van der Waals surface area contributed by atoms with Gasteiger partial charge in [-0.25, -0.2) is 9.37 Å². The Balaban J connectivity index is 1.66. The third-order valence-corrected chi connectivity index (χ3v) is 5.78. The minimum Gasteiger partial charge on any atom is -0.341 e. The van der Waals surface area contributed by atoms with Crippen LogP contribution in [0.15, 0.2) is 41.1 Å². The van der Waals surface area contributed by atoms with Crippen LogP contribution in [0.1, 0.15) is 11.3 Å². The summed E-state index contributed by atoms with van der Waals surface area (Å²) in [6.45, 7) is 0.131. The molecular formula is C17H14ClFN2OS2. The van der Waals surface area contributed by atoms with Crippen molar-refractivity contribution in [3.05, 3.63) is 63.2 Å². The number of hydrogen-bond acceptors (Lipinski definition) is 4. The monoisotopic (exact) mass is 380 g/mol. The van der Waals surface area contributed by atoms with Gasteiger partial charge in [0.05, 0.1) is 17.0 Å². The van der Waals surface area contributed by atoms with Crippen LogP contribution in [0.25, 0.3) is 9.88 Å². The van der Waals surface area contributed by atoms with Crippen molar-refractivity contribution in [1.82, 2.24) is 9.88 Å². The molecule has 1 aromatic carbocycles. The van der Waals surface area contributed by atoms with Gasteiger partial charge in [0, 0.05) is 29.6 Å². The Morgan fingerprint density at radius 3 is 2.83 bits per heavy atom. The highest BCUT2D eigenvalue weighted by Gasteiger charge is 2.16. The molecule has 124 valence electrons. The second-order valence-corrected chi connectivity index (χ2v) is 7.46. The molecule has 0 radical (unpaired) electrons. The van der Waals surface area contributed by atoms with Crippen molar-refractivity contribution in [3.8, 4) is 9.88 Å². The van der Waals surface area contributed by atoms with E-state index < -0.39 is 5.82 Å². The quantitative estimate of drug-likeness (QED) is 0.633. The minimum atomic E-state index is -0.407. The fraction of sp³-hybridized carbons (Fsp3) is 0.176. The summed E-state index contributed by atoms with van der Waals surface area (Å²) in [7, 11) is 1.64. The van der Waals surface area contributed by atoms with Crippen LogP contribution in [0.3, 0.4) is 0 Å². The molecular weight excluding hydrogens is 367 g/mol. The third-order valence-electron chi connectivity index (χ3n) is 3.50. The number of thiophene rings is 1. The van der Waals surface area contributed by atoms with E-state index in [0.717, 1.165) is 15.6 Å². The summed E-state index contributed by atoms with van der Waals surface area (Å²) in [6, 6.07) is 8.48. The maximum Gasteiger partial charge on any atom is 0.228 e. The maximum absolute atomic E-state index is 13.8. The number of carbonyl (C=O) groups excluding carboxylic acids is 1. The number of carbonyl (C=O) groups is 1. The highest BCUT2D eigenvalue weighted by molar-refractivity contribution is 7.20. The topological polar surface area (TPSA) is 33.2 Å². The number of aromatic nitrogens is 1. The van der Waals surface area contributed by atoms with E-state index in [4.69, 9.17) is 11.6 Å². The summed E-state index contributed by atoms with van der Waals surface area (Å²) in [5.74, 6) is -0.534. The SMILES string of the molecule is CN(Cc1c(F)cccc1Cl)C(=O)Cc1csc(-c2cccs2)n1. The van der Waals surface area contributed by atoms with Crippen LogP contribution in [0, 0.1) is 5.82 Å². The highest BCUT2D eigenvalue weighted by atomic mass is 35.5. The van der Waals surface area contributed by atoms with Crippen molar-refractivity contribution in [2.45, 2.75) is 13.0 Å². The van der Waals surface area contributed by atoms with E-state index in [0.29, 0.717) is 10.6 Å². The van der Waals surface area contributed by atoms with Gasteiger partial charge in [-0.1, -0.05) is 23.7 Å². The minimum absolute atomic E-state index is 0.127. The molecule has 0 aliphatic carbocycles. The van der Waals surface area contributed by atoms with Gasteiger partial charge in [0.25, 0.3) is 0 Å². The molecule has 7 heteroatoms. The molecule has 3 rings (SSSR count). The number of nitrogens with zero attached hydrogens (tertiary/aromatic N) is 2. The molecule has 0 aliphatic rings. The number of rotatable bonds is 5. The summed E-state index contributed by atoms with van der Waals surface area (Å²) in [5.41, 5.74) is 1.05. The number of thiazole rings is 1. The summed E-state index contributed by atoms with van der Waals surface area (Å²) in [6.07, 6.45) is 0.185. The van der Waals surface area contributed by atoms with Crippen LogP contribution in [0.4, 0.5) is 4.39 Å². The number of likely N-dealkylation sites (N-methyl/N-ethyl adjacent to an activating group) is 1. The summed E-state index contributed by atoms with van der Waals surface area (Å²) in [5, 5.41) is 5.11. The van der Waals surface area contributed by atoms with Gasteiger partial charge in [-0.3, -0.25) is 4.79 Å². The molecule has 3 aromatic rings. The summed E-state index contributed by atoms with van der Waals surface area (Å²) >= 11 is 9.14. The number of halogens is 2. The molecule has 2 heterocycles. The van der Waals surface area contributed by atoms with Gasteiger partial charge >= 0.3 is 0 Å². The fourth-order valence-corrected chi connectivity index (χ4v) is 4.06. The van der Waals surface area contributed by atoms with Crippen LogP contribution < -0.4 is 0 Å². The molecule has 0 bridgehead atoms. The largest absolute Gasteiger partial charge is 0.341 e. The normalized spacial score (nSPS) is 10.8. The Hall–Kier alpha value is -1.76. The van der Waals surface area contributed by atoms with Crippen molar-refractivity contribution < 1.29 is 9.18 Å². The van der Waals surface area contributed by atoms with E-state index in [9.17, 15) is 9.18 Å². The standard InChI is InChI=1S/C17H14ClFN2OS2/c1-21(9-12-13(18)4-2-5-14(12)19)16(22)8-11-10-24-17(20-11)15-6-3-7-23-15/h2-7,10H,8-9H2,1H3. The van der Waals surface area contributed by atoms with Crippen molar-refractivity contribution in [3.63, 3.8) is 0 Å². The van der Waals surface area contributed by atoms with E-state index in [-0.39, 0.29) is 18.9 Å². The molecule has 0 saturated carbocycles. The third kappa shape index (κ3) is 3.83. The Morgan fingerprint density at radius 2 is 2.12 bits per heavy atom. The van der Waals surface area contributed by atoms with E-state index >= 15 is 0 Å². The summed E-state index contributed by atoms with van der Waals surface area (Å²) < 4.78 is 13.8. The van der Waals surface area contributed by atoms with E-state index in [2.05, 4.69) is 4.98 Å². The second kappa shape index (κ2) is 7.42. The molecule has 0 aliphatic heterocycles. The lowest BCUT2D eigenvalue weighted by molar-refractivity contribution is -0.129. The lowest BCUT2D eigenvalue weighted by atomic mass is 10.2. The zero-order valence-electron chi connectivity index (χ0n) is 12.8. The highest BCUT2D eigenvalue weighted by Crippen LogP contribution is 2.28. The maximum atomic E-state index is 13.8. The van der Waals surface area contributed by atoms with E-state index in [1.54, 1.807) is 30.5 Å². The first kappa shape index (κ1) is 17.1. The molecule has 1 amide bonds. The lowest BCUT2D eigenvalue weighted by Crippen LogP contribution is -2.28. The van der Waals surface area contributed by atoms with Gasteiger partial charge in [-0.05, 0) is 23.6 Å². The van der Waals surface area contributed by atoms with Crippen LogP contribution in [0.5, 0.6) is 0 Å². The lowest BCUT2D eigenvalue weighted by Gasteiger charge is -2.18. The van der Waals surface area contributed by atoms with Gasteiger partial charge in [-0.2, -0.15) is 0 Å². The van der Waals surface area contributed by atoms with Crippen molar-refractivity contribution in [1.29, 1.82) is 0 Å². The first-order valence-corrected chi connectivity index (χ1v) is 9.33. The Bertz CT molecular complexity index is 828. The van der Waals surface area contributed by atoms with E-state index in [1.165, 1.54) is 22.3 Å². The predicted octanol–water partition coefficient (Wildman–Crippen LogP) is 4.87. The summed E-state index contributed by atoms with van der Waals surface area (Å²) in [4.78, 5) is 19.4. The Labute approximate surface area is 152 Å². The number of benzene rings is 1. The first-order chi connectivity index (χ1) is 11.5. The second-order valence-electron chi connectivity index (χ2n) is 5.25. The number of hydrogen-bond donors (Lipinski definition) is 0. The van der Waals surface area contributed by atoms with Gasteiger partial charge in [0.2, 0.25) is 5.91 Å². The number of amides is 1. The molecule has 0 unspecified atom stereocenters. The average molecular weight is 381 g/mol. The van der Waals surface area contributed by atoms with Crippen LogP contribution in [-0.2, 0) is 17.8 Å². The van der Waals surface area contributed by atoms with Crippen LogP contribution in [-0.4, -0.2) is 22.8 Å². The van der Waals surface area contributed by atoms with Crippen LogP contribution >= 0.6 is 34.3 Å². The zero-order chi connectivity index (χ0) is 17.1. The van der Waals surface area contributed by atoms with Gasteiger partial charge in [0.1, 0.15) is 10.8 Å². The van der Waals surface area contributed by atoms with Gasteiger partial charge < -0.3 is 4.90 Å². The van der Waals surface area contributed by atoms with Gasteiger partial charge in [0.15, 0.2) is 0 Å². The van der Waals surface area contributed by atoms with Crippen molar-refractivity contribution in [2.75, 3.05) is 7.05 Å². The first-order valence-electron chi connectivity index (χ1n) is 7.19. The molecule has 3 nitrogen and oxygen atoms in total. The molecule has 0 fully saturated rings. The van der Waals surface area contributed by atoms with Crippen LogP contribution in [0.2, 0.25) is 5.02 Å². The molecule has 24 heavy (non-hydrogen) atoms. The molecule has 0 N–H and O–H groups in total. The van der Waals surface area contributed by atoms with E-state index in [1.807, 2.05) is 22.9 Å². The molecule has 2 aromatic heterocycles. The van der Waals surface area contributed by atoms with Crippen molar-refractivity contribution in [2.24, 2.45) is 0 Å². The Kier molecular flexibility index (Phi) is 5.28. The zero-order valence-corrected chi connectivity index (χ0v) is 15.2. The molecule has 0 spiro atoms. The predicted molar refractivity (Wildman–Crippen MR) is 97.0 cm³/mol. The molecule has 0 atom stereocenters. The fourth-order valence-electron chi connectivity index (χ4n) is 2.20. The van der Waals surface area contributed by atoms with Gasteiger partial charge in [-0.15, -0.1) is 22.7 Å². The average Bonchev–Trinajstić information content (AvgIpc) is 3.21. The Morgan fingerprint density at radius 1 is 1.29 bits per heavy atom.